The van der Waals surface area contributed by atoms with E-state index < -0.39 is 5.97 Å². The average Bonchev–Trinajstić information content (AvgIpc) is 2.66. The predicted octanol–water partition coefficient (Wildman–Crippen LogP) is 3.20. The highest BCUT2D eigenvalue weighted by molar-refractivity contribution is 6.28. The van der Waals surface area contributed by atoms with E-state index in [1.165, 1.54) is 10.6 Å². The van der Waals surface area contributed by atoms with Gasteiger partial charge >= 0.3 is 5.97 Å². The molecule has 3 aromatic rings. The van der Waals surface area contributed by atoms with Crippen LogP contribution in [0.5, 0.6) is 0 Å². The molecule has 0 saturated carbocycles. The largest absolute Gasteiger partial charge is 0.478 e. The second-order valence-corrected chi connectivity index (χ2v) is 6.73. The number of aromatic carboxylic acids is 1. The second kappa shape index (κ2) is 8.77. The van der Waals surface area contributed by atoms with Crippen molar-refractivity contribution in [2.24, 2.45) is 5.84 Å². The van der Waals surface area contributed by atoms with Crippen LogP contribution in [0.2, 0.25) is 5.28 Å². The molecule has 8 heteroatoms. The number of carboxylic acid groups (broad SMARTS) is 1. The summed E-state index contributed by atoms with van der Waals surface area (Å²) >= 11 is 6.05. The second-order valence-electron chi connectivity index (χ2n) is 6.39. The Morgan fingerprint density at radius 1 is 1.07 bits per heavy atom. The molecule has 0 aliphatic carbocycles. The van der Waals surface area contributed by atoms with E-state index in [9.17, 15) is 4.79 Å². The Morgan fingerprint density at radius 3 is 2.50 bits per heavy atom. The number of nitrogens with zero attached hydrogens (tertiary/aromatic N) is 4. The van der Waals surface area contributed by atoms with E-state index in [1.54, 1.807) is 25.1 Å². The quantitative estimate of drug-likeness (QED) is 0.465. The topological polar surface area (TPSA) is 105 Å². The van der Waals surface area contributed by atoms with E-state index >= 15 is 0 Å². The number of rotatable bonds is 7. The number of anilines is 1. The van der Waals surface area contributed by atoms with Crippen LogP contribution in [0.15, 0.2) is 48.5 Å². The van der Waals surface area contributed by atoms with Crippen LogP contribution in [0.4, 0.5) is 5.95 Å². The fourth-order valence-corrected chi connectivity index (χ4v) is 3.03. The van der Waals surface area contributed by atoms with E-state index in [0.717, 1.165) is 12.0 Å². The third kappa shape index (κ3) is 5.03. The molecule has 1 aromatic heterocycles. The van der Waals surface area contributed by atoms with Gasteiger partial charge in [0.05, 0.1) is 12.1 Å². The lowest BCUT2D eigenvalue weighted by Gasteiger charge is -2.17. The minimum Gasteiger partial charge on any atom is -0.478 e. The van der Waals surface area contributed by atoms with E-state index in [2.05, 4.69) is 15.0 Å². The molecule has 28 heavy (non-hydrogen) atoms. The standard InChI is InChI=1S/C20H20ClN5O2/c1-13-11-15(7-9-16(13)18(27)28)12-26(22)20-24-17(23-19(21)25-20)10-8-14-5-3-2-4-6-14/h2-7,9,11H,8,10,12,22H2,1H3,(H,27,28). The predicted molar refractivity (Wildman–Crippen MR) is 107 cm³/mol. The molecule has 3 rings (SSSR count). The van der Waals surface area contributed by atoms with Crippen molar-refractivity contribution in [3.63, 3.8) is 0 Å². The van der Waals surface area contributed by atoms with Crippen molar-refractivity contribution in [2.75, 3.05) is 5.01 Å². The van der Waals surface area contributed by atoms with Gasteiger partial charge in [-0.2, -0.15) is 9.97 Å². The van der Waals surface area contributed by atoms with Crippen LogP contribution in [0.3, 0.4) is 0 Å². The van der Waals surface area contributed by atoms with Crippen LogP contribution < -0.4 is 10.9 Å². The van der Waals surface area contributed by atoms with Crippen LogP contribution in [0.1, 0.15) is 32.9 Å². The molecule has 2 aromatic carbocycles. The van der Waals surface area contributed by atoms with Crippen LogP contribution in [0.25, 0.3) is 0 Å². The number of hydrogen-bond donors (Lipinski definition) is 2. The van der Waals surface area contributed by atoms with Gasteiger partial charge in [0, 0.05) is 6.42 Å². The van der Waals surface area contributed by atoms with Gasteiger partial charge in [-0.05, 0) is 47.7 Å². The van der Waals surface area contributed by atoms with Gasteiger partial charge in [0.1, 0.15) is 5.82 Å². The first-order valence-electron chi connectivity index (χ1n) is 8.72. The monoisotopic (exact) mass is 397 g/mol. The summed E-state index contributed by atoms with van der Waals surface area (Å²) in [4.78, 5) is 23.8. The summed E-state index contributed by atoms with van der Waals surface area (Å²) in [6.45, 7) is 2.05. The lowest BCUT2D eigenvalue weighted by Crippen LogP contribution is -2.32. The Kier molecular flexibility index (Phi) is 6.18. The van der Waals surface area contributed by atoms with Crippen molar-refractivity contribution in [3.8, 4) is 0 Å². The van der Waals surface area contributed by atoms with Crippen LogP contribution in [-0.2, 0) is 19.4 Å². The van der Waals surface area contributed by atoms with Gasteiger partial charge in [0.25, 0.3) is 0 Å². The van der Waals surface area contributed by atoms with Crippen molar-refractivity contribution in [1.29, 1.82) is 0 Å². The smallest absolute Gasteiger partial charge is 0.335 e. The zero-order valence-electron chi connectivity index (χ0n) is 15.3. The molecule has 0 atom stereocenters. The first-order chi connectivity index (χ1) is 13.4. The molecule has 1 heterocycles. The number of aryl methyl sites for hydroxylation is 3. The molecule has 0 bridgehead atoms. The molecule has 0 radical (unpaired) electrons. The molecule has 0 fully saturated rings. The summed E-state index contributed by atoms with van der Waals surface area (Å²) in [5, 5.41) is 10.6. The highest BCUT2D eigenvalue weighted by atomic mass is 35.5. The number of aromatic nitrogens is 3. The molecule has 0 aliphatic heterocycles. The Morgan fingerprint density at radius 2 is 1.82 bits per heavy atom. The summed E-state index contributed by atoms with van der Waals surface area (Å²) < 4.78 is 0. The third-order valence-corrected chi connectivity index (χ3v) is 4.42. The molecule has 0 amide bonds. The summed E-state index contributed by atoms with van der Waals surface area (Å²) in [5.74, 6) is 6.00. The molecular weight excluding hydrogens is 378 g/mol. The van der Waals surface area contributed by atoms with E-state index in [-0.39, 0.29) is 16.8 Å². The van der Waals surface area contributed by atoms with Gasteiger partial charge in [0.15, 0.2) is 0 Å². The third-order valence-electron chi connectivity index (χ3n) is 4.25. The summed E-state index contributed by atoms with van der Waals surface area (Å²) in [6, 6.07) is 15.1. The Balaban J connectivity index is 1.72. The minimum absolute atomic E-state index is 0.0842. The lowest BCUT2D eigenvalue weighted by molar-refractivity contribution is 0.0696. The zero-order chi connectivity index (χ0) is 20.1. The maximum absolute atomic E-state index is 11.1. The van der Waals surface area contributed by atoms with Gasteiger partial charge < -0.3 is 5.11 Å². The average molecular weight is 398 g/mol. The normalized spacial score (nSPS) is 10.7. The minimum atomic E-state index is -0.957. The SMILES string of the molecule is Cc1cc(CN(N)c2nc(Cl)nc(CCc3ccccc3)n2)ccc1C(=O)O. The molecule has 0 aliphatic rings. The number of benzene rings is 2. The van der Waals surface area contributed by atoms with E-state index in [4.69, 9.17) is 22.6 Å². The van der Waals surface area contributed by atoms with Crippen LogP contribution >= 0.6 is 11.6 Å². The first kappa shape index (κ1) is 19.7. The van der Waals surface area contributed by atoms with Crippen molar-refractivity contribution in [1.82, 2.24) is 15.0 Å². The molecular formula is C20H20ClN5O2. The van der Waals surface area contributed by atoms with Crippen LogP contribution in [-0.4, -0.2) is 26.0 Å². The molecule has 0 saturated heterocycles. The highest BCUT2D eigenvalue weighted by Gasteiger charge is 2.13. The molecule has 144 valence electrons. The van der Waals surface area contributed by atoms with Crippen molar-refractivity contribution in [2.45, 2.75) is 26.3 Å². The fourth-order valence-electron chi connectivity index (χ4n) is 2.85. The maximum atomic E-state index is 11.1. The van der Waals surface area contributed by atoms with Gasteiger partial charge in [-0.3, -0.25) is 5.01 Å². The Hall–Kier alpha value is -3.03. The Bertz CT molecular complexity index is 982. The van der Waals surface area contributed by atoms with E-state index in [1.807, 2.05) is 30.3 Å². The van der Waals surface area contributed by atoms with E-state index in [0.29, 0.717) is 24.4 Å². The molecule has 7 nitrogen and oxygen atoms in total. The number of hydrazine groups is 1. The highest BCUT2D eigenvalue weighted by Crippen LogP contribution is 2.16. The van der Waals surface area contributed by atoms with Crippen LogP contribution in [0, 0.1) is 6.92 Å². The number of carbonyl (C=O) groups is 1. The number of hydrogen-bond acceptors (Lipinski definition) is 6. The lowest BCUT2D eigenvalue weighted by atomic mass is 10.1. The Labute approximate surface area is 167 Å². The van der Waals surface area contributed by atoms with Gasteiger partial charge in [-0.15, -0.1) is 0 Å². The number of nitrogens with two attached hydrogens (primary N) is 1. The first-order valence-corrected chi connectivity index (χ1v) is 9.09. The number of halogens is 1. The maximum Gasteiger partial charge on any atom is 0.335 e. The van der Waals surface area contributed by atoms with Crippen molar-refractivity contribution >= 4 is 23.5 Å². The molecule has 3 N–H and O–H groups in total. The summed E-state index contributed by atoms with van der Waals surface area (Å²) in [5.41, 5.74) is 2.95. The summed E-state index contributed by atoms with van der Waals surface area (Å²) in [6.07, 6.45) is 1.39. The zero-order valence-corrected chi connectivity index (χ0v) is 16.1. The summed E-state index contributed by atoms with van der Waals surface area (Å²) in [7, 11) is 0. The van der Waals surface area contributed by atoms with Crippen molar-refractivity contribution in [3.05, 3.63) is 81.9 Å². The number of carboxylic acids is 1. The van der Waals surface area contributed by atoms with Gasteiger partial charge in [0.2, 0.25) is 11.2 Å². The molecule has 0 unspecified atom stereocenters. The van der Waals surface area contributed by atoms with Gasteiger partial charge in [-0.1, -0.05) is 42.5 Å². The fraction of sp³-hybridized carbons (Fsp3) is 0.200. The van der Waals surface area contributed by atoms with Crippen molar-refractivity contribution < 1.29 is 9.90 Å². The van der Waals surface area contributed by atoms with Gasteiger partial charge in [-0.25, -0.2) is 15.6 Å². The molecule has 0 spiro atoms.